The van der Waals surface area contributed by atoms with Gasteiger partial charge in [-0.15, -0.1) is 0 Å². The molecule has 3 heteroatoms. The topological polar surface area (TPSA) is 41.3 Å². The van der Waals surface area contributed by atoms with Gasteiger partial charge in [0.15, 0.2) is 0 Å². The van der Waals surface area contributed by atoms with E-state index < -0.39 is 0 Å². The Bertz CT molecular complexity index is 123. The maximum Gasteiger partial charge on any atom is 0.0148 e. The van der Waals surface area contributed by atoms with Gasteiger partial charge < -0.3 is 5.73 Å². The summed E-state index contributed by atoms with van der Waals surface area (Å²) >= 11 is 0. The van der Waals surface area contributed by atoms with Crippen LogP contribution in [0.3, 0.4) is 0 Å². The molecule has 1 aliphatic heterocycles. The summed E-state index contributed by atoms with van der Waals surface area (Å²) in [5.41, 5.74) is 9.26. The van der Waals surface area contributed by atoms with Gasteiger partial charge in [-0.3, -0.25) is 5.43 Å². The van der Waals surface area contributed by atoms with Crippen molar-refractivity contribution in [2.45, 2.75) is 31.7 Å². The second kappa shape index (κ2) is 3.52. The molecule has 1 heterocycles. The van der Waals surface area contributed by atoms with Crippen LogP contribution in [0.2, 0.25) is 0 Å². The van der Waals surface area contributed by atoms with Gasteiger partial charge in [0.2, 0.25) is 0 Å². The highest BCUT2D eigenvalue weighted by molar-refractivity contribution is 4.82. The van der Waals surface area contributed by atoms with Crippen molar-refractivity contribution >= 4 is 0 Å². The van der Waals surface area contributed by atoms with Crippen LogP contribution in [-0.4, -0.2) is 30.7 Å². The highest BCUT2D eigenvalue weighted by Crippen LogP contribution is 2.17. The second-order valence-electron chi connectivity index (χ2n) is 3.72. The lowest BCUT2D eigenvalue weighted by molar-refractivity contribution is 0.212. The lowest BCUT2D eigenvalue weighted by atomic mass is 9.95. The molecule has 1 saturated heterocycles. The Kier molecular flexibility index (Phi) is 2.87. The summed E-state index contributed by atoms with van der Waals surface area (Å²) in [5.74, 6) is 0. The molecule has 3 N–H and O–H groups in total. The Balaban J connectivity index is 2.39. The number of rotatable bonds is 1. The number of hydrogen-bond donors (Lipinski definition) is 2. The van der Waals surface area contributed by atoms with Crippen LogP contribution in [0.15, 0.2) is 0 Å². The van der Waals surface area contributed by atoms with Crippen LogP contribution in [0, 0.1) is 0 Å². The fraction of sp³-hybridized carbons (Fsp3) is 1.00. The molecule has 0 amide bonds. The summed E-state index contributed by atoms with van der Waals surface area (Å²) in [6.07, 6.45) is 3.44. The van der Waals surface area contributed by atoms with Gasteiger partial charge in [0.05, 0.1) is 0 Å². The lowest BCUT2D eigenvalue weighted by Gasteiger charge is -2.22. The van der Waals surface area contributed by atoms with E-state index in [0.717, 1.165) is 25.9 Å². The Morgan fingerprint density at radius 2 is 2.09 bits per heavy atom. The van der Waals surface area contributed by atoms with Crippen LogP contribution >= 0.6 is 0 Å². The quantitative estimate of drug-likeness (QED) is 0.576. The van der Waals surface area contributed by atoms with Crippen LogP contribution in [0.1, 0.15) is 26.2 Å². The molecule has 0 aliphatic carbocycles. The number of hydrazine groups is 1. The van der Waals surface area contributed by atoms with Crippen LogP contribution < -0.4 is 11.2 Å². The van der Waals surface area contributed by atoms with Gasteiger partial charge in [0.1, 0.15) is 0 Å². The SMILES string of the molecule is CNN1CCCC(C)(N)CC1. The molecule has 1 aliphatic rings. The summed E-state index contributed by atoms with van der Waals surface area (Å²) in [5, 5.41) is 2.23. The maximum atomic E-state index is 6.04. The van der Waals surface area contributed by atoms with Crippen molar-refractivity contribution in [3.05, 3.63) is 0 Å². The van der Waals surface area contributed by atoms with Crippen molar-refractivity contribution in [3.8, 4) is 0 Å². The van der Waals surface area contributed by atoms with Crippen molar-refractivity contribution in [2.75, 3.05) is 20.1 Å². The van der Waals surface area contributed by atoms with Crippen molar-refractivity contribution in [2.24, 2.45) is 5.73 Å². The third-order valence-corrected chi connectivity index (χ3v) is 2.44. The largest absolute Gasteiger partial charge is 0.325 e. The summed E-state index contributed by atoms with van der Waals surface area (Å²) in [7, 11) is 1.97. The molecule has 0 saturated carbocycles. The fourth-order valence-corrected chi connectivity index (χ4v) is 1.52. The van der Waals surface area contributed by atoms with Gasteiger partial charge in [0.25, 0.3) is 0 Å². The third kappa shape index (κ3) is 2.77. The Morgan fingerprint density at radius 1 is 1.36 bits per heavy atom. The second-order valence-corrected chi connectivity index (χ2v) is 3.72. The normalized spacial score (nSPS) is 35.2. The van der Waals surface area contributed by atoms with Crippen molar-refractivity contribution < 1.29 is 0 Å². The zero-order valence-electron chi connectivity index (χ0n) is 7.56. The molecule has 1 atom stereocenters. The molecule has 0 aromatic carbocycles. The predicted octanol–water partition coefficient (Wildman–Crippen LogP) is 0.324. The minimum Gasteiger partial charge on any atom is -0.325 e. The molecule has 1 fully saturated rings. The Labute approximate surface area is 68.9 Å². The lowest BCUT2D eigenvalue weighted by Crippen LogP contribution is -2.39. The molecule has 0 aromatic heterocycles. The van der Waals surface area contributed by atoms with E-state index in [-0.39, 0.29) is 5.54 Å². The summed E-state index contributed by atoms with van der Waals surface area (Å²) in [4.78, 5) is 0. The number of nitrogens with zero attached hydrogens (tertiary/aromatic N) is 1. The average Bonchev–Trinajstić information content (AvgIpc) is 2.10. The molecular weight excluding hydrogens is 138 g/mol. The molecular formula is C8H19N3. The van der Waals surface area contributed by atoms with Crippen molar-refractivity contribution in [1.29, 1.82) is 0 Å². The standard InChI is InChI=1S/C8H19N3/c1-8(9)4-3-6-11(10-2)7-5-8/h10H,3-7,9H2,1-2H3. The first-order valence-electron chi connectivity index (χ1n) is 4.35. The van der Waals surface area contributed by atoms with Crippen LogP contribution in [-0.2, 0) is 0 Å². The minimum atomic E-state index is 0.0611. The molecule has 66 valence electrons. The molecule has 3 nitrogen and oxygen atoms in total. The van der Waals surface area contributed by atoms with Gasteiger partial charge >= 0.3 is 0 Å². The predicted molar refractivity (Wildman–Crippen MR) is 47.1 cm³/mol. The van der Waals surface area contributed by atoms with Gasteiger partial charge in [0, 0.05) is 18.6 Å². The summed E-state index contributed by atoms with van der Waals surface area (Å²) < 4.78 is 0. The summed E-state index contributed by atoms with van der Waals surface area (Å²) in [6.45, 7) is 4.35. The number of nitrogens with one attached hydrogen (secondary N) is 1. The van der Waals surface area contributed by atoms with Crippen molar-refractivity contribution in [1.82, 2.24) is 10.4 Å². The van der Waals surface area contributed by atoms with Crippen LogP contribution in [0.5, 0.6) is 0 Å². The number of hydrogen-bond acceptors (Lipinski definition) is 3. The van der Waals surface area contributed by atoms with Crippen molar-refractivity contribution in [3.63, 3.8) is 0 Å². The Morgan fingerprint density at radius 3 is 2.73 bits per heavy atom. The smallest absolute Gasteiger partial charge is 0.0148 e. The van der Waals surface area contributed by atoms with E-state index in [2.05, 4.69) is 17.4 Å². The molecule has 0 radical (unpaired) electrons. The van der Waals surface area contributed by atoms with E-state index in [1.54, 1.807) is 0 Å². The average molecular weight is 157 g/mol. The maximum absolute atomic E-state index is 6.04. The zero-order valence-corrected chi connectivity index (χ0v) is 7.56. The van der Waals surface area contributed by atoms with E-state index >= 15 is 0 Å². The molecule has 1 rings (SSSR count). The first-order valence-corrected chi connectivity index (χ1v) is 4.35. The Hall–Kier alpha value is -0.120. The first-order chi connectivity index (χ1) is 5.14. The fourth-order valence-electron chi connectivity index (χ4n) is 1.52. The summed E-state index contributed by atoms with van der Waals surface area (Å²) in [6, 6.07) is 0. The molecule has 0 bridgehead atoms. The van der Waals surface area contributed by atoms with Crippen LogP contribution in [0.25, 0.3) is 0 Å². The van der Waals surface area contributed by atoms with E-state index in [9.17, 15) is 0 Å². The third-order valence-electron chi connectivity index (χ3n) is 2.44. The molecule has 11 heavy (non-hydrogen) atoms. The molecule has 0 aromatic rings. The van der Waals surface area contributed by atoms with E-state index in [1.165, 1.54) is 6.42 Å². The monoisotopic (exact) mass is 157 g/mol. The van der Waals surface area contributed by atoms with Crippen LogP contribution in [0.4, 0.5) is 0 Å². The van der Waals surface area contributed by atoms with E-state index in [0.29, 0.717) is 0 Å². The first kappa shape index (κ1) is 8.97. The van der Waals surface area contributed by atoms with Gasteiger partial charge in [-0.05, 0) is 33.2 Å². The highest BCUT2D eigenvalue weighted by Gasteiger charge is 2.22. The number of nitrogens with two attached hydrogens (primary N) is 1. The van der Waals surface area contributed by atoms with Gasteiger partial charge in [-0.25, -0.2) is 5.01 Å². The van der Waals surface area contributed by atoms with Gasteiger partial charge in [-0.1, -0.05) is 0 Å². The minimum absolute atomic E-state index is 0.0611. The van der Waals surface area contributed by atoms with E-state index in [1.807, 2.05) is 7.05 Å². The van der Waals surface area contributed by atoms with E-state index in [4.69, 9.17) is 5.73 Å². The van der Waals surface area contributed by atoms with Gasteiger partial charge in [-0.2, -0.15) is 0 Å². The highest BCUT2D eigenvalue weighted by atomic mass is 15.5. The molecule has 0 spiro atoms. The zero-order chi connectivity index (χ0) is 8.32. The molecule has 1 unspecified atom stereocenters.